The molecule has 9 N–H and O–H groups in total. The summed E-state index contributed by atoms with van der Waals surface area (Å²) in [5.41, 5.74) is -7.16. The van der Waals surface area contributed by atoms with Gasteiger partial charge in [0.25, 0.3) is 5.91 Å². The number of aliphatic hydroxyl groups is 8. The van der Waals surface area contributed by atoms with Crippen molar-refractivity contribution in [2.24, 2.45) is 46.3 Å². The van der Waals surface area contributed by atoms with Crippen molar-refractivity contribution in [1.82, 2.24) is 15.1 Å². The van der Waals surface area contributed by atoms with E-state index >= 15 is 0 Å². The zero-order valence-electron chi connectivity index (χ0n) is 51.1. The van der Waals surface area contributed by atoms with Crippen LogP contribution in [0.1, 0.15) is 147 Å². The Morgan fingerprint density at radius 1 is 0.926 bits per heavy atom. The summed E-state index contributed by atoms with van der Waals surface area (Å²) < 4.78 is 38.2. The molecule has 1 amide bonds. The minimum Gasteiger partial charge on any atom is -0.459 e. The lowest BCUT2D eigenvalue weighted by Gasteiger charge is -2.60. The summed E-state index contributed by atoms with van der Waals surface area (Å²) in [5.74, 6) is -4.21. The molecule has 0 aromatic heterocycles. The molecule has 4 aliphatic carbocycles. The molecule has 464 valence electrons. The van der Waals surface area contributed by atoms with Crippen molar-refractivity contribution in [1.29, 1.82) is 0 Å². The number of carbonyl (C=O) groups is 3. The predicted molar refractivity (Wildman–Crippen MR) is 300 cm³/mol. The number of carbonyl (C=O) groups excluding carboxylic acids is 3. The molecule has 0 bridgehead atoms. The van der Waals surface area contributed by atoms with E-state index in [1.54, 1.807) is 60.6 Å². The maximum atomic E-state index is 14.7. The molecule has 6 fully saturated rings. The Labute approximate surface area is 481 Å². The van der Waals surface area contributed by atoms with Crippen LogP contribution in [-0.2, 0) is 42.8 Å². The highest BCUT2D eigenvalue weighted by atomic mass is 16.7. The molecule has 3 saturated heterocycles. The fourth-order valence-electron chi connectivity index (χ4n) is 16.5. The fourth-order valence-corrected chi connectivity index (χ4v) is 16.5. The topological polar surface area (TPSA) is 287 Å². The Kier molecular flexibility index (Phi) is 20.4. The fraction of sp³-hybridized carbons (Fsp3) is 0.885. The maximum absolute atomic E-state index is 14.7. The second-order valence-corrected chi connectivity index (χ2v) is 27.4. The molecule has 0 aromatic rings. The molecular formula is C61H103N3O17. The van der Waals surface area contributed by atoms with Crippen molar-refractivity contribution in [3.05, 3.63) is 23.8 Å². The SMILES string of the molecule is CC[C@H]1OC(=O)[C@H](C)[C@@H](O[C@@H]2C[C@](C)(OC)[C@H](O)C(C)O2)[C@H](C)[C@@H](O[C@@H]2O[C@H](C)C[C@@H](N(C)C)[C@H]2O)[C@](C)(O)C[C@@H](C)CN(CCCNC(=O)C(O)[C@@]2(O)CCC3C4CCC5=CC(=O)C=C[C@]5(C)C4[C@@H](O)C[C@@]32C)[C@H](C)[C@@H](O)[C@]1(C)O. The molecule has 0 aromatic carbocycles. The molecule has 0 radical (unpaired) electrons. The van der Waals surface area contributed by atoms with Gasteiger partial charge in [-0.1, -0.05) is 46.3 Å². The number of fused-ring (bicyclic) bond motifs is 5. The number of amides is 1. The normalized spacial score (nSPS) is 48.9. The number of esters is 1. The number of hydrogen-bond acceptors (Lipinski definition) is 19. The minimum absolute atomic E-state index is 0.00426. The lowest BCUT2D eigenvalue weighted by Crippen LogP contribution is -2.64. The lowest BCUT2D eigenvalue weighted by molar-refractivity contribution is -0.318. The van der Waals surface area contributed by atoms with Crippen molar-refractivity contribution in [3.63, 3.8) is 0 Å². The standard InChI is InChI=1S/C61H103N3O17/c1-16-44-60(12,74)49(68)36(6)64(25-17-24-62-53(71)51(70)61(75)23-21-41-40-19-18-38-27-39(65)20-22-56(38,8)46(40)43(66)29-57(41,61)9)31-32(2)28-58(10,73)52(81-55-47(67)42(63(13)14)26-33(3)77-55)34(4)48(35(5)54(72)79-44)80-45-30-59(11,76-15)50(69)37(7)78-45/h20,22,27,32-37,40-52,55,66-70,73-75H,16-19,21,23-26,28-31H2,1-15H3,(H,62,71)/t32-,33-,34+,35-,36-,37?,40?,41?,42-,43+,44-,45-,46?,47-,48+,49-,50-,51?,52-,55+,56+,57+,58-,59+,60-,61+/m1/s1. The molecule has 5 unspecified atom stereocenters. The van der Waals surface area contributed by atoms with E-state index in [0.717, 1.165) is 12.0 Å². The quantitative estimate of drug-likeness (QED) is 0.0946. The van der Waals surface area contributed by atoms with Crippen LogP contribution in [0.25, 0.3) is 0 Å². The lowest BCUT2D eigenvalue weighted by atomic mass is 9.46. The summed E-state index contributed by atoms with van der Waals surface area (Å²) in [7, 11) is 5.21. The highest BCUT2D eigenvalue weighted by molar-refractivity contribution is 6.01. The zero-order chi connectivity index (χ0) is 60.3. The van der Waals surface area contributed by atoms with E-state index in [1.165, 1.54) is 14.0 Å². The van der Waals surface area contributed by atoms with Crippen LogP contribution in [0.5, 0.6) is 0 Å². The van der Waals surface area contributed by atoms with Crippen LogP contribution >= 0.6 is 0 Å². The van der Waals surface area contributed by atoms with Crippen LogP contribution in [0, 0.1) is 46.3 Å². The average Bonchev–Trinajstić information content (AvgIpc) is 3.26. The number of hydrogen-bond donors (Lipinski definition) is 9. The van der Waals surface area contributed by atoms with Gasteiger partial charge in [-0.2, -0.15) is 0 Å². The Morgan fingerprint density at radius 2 is 1.60 bits per heavy atom. The van der Waals surface area contributed by atoms with E-state index in [0.29, 0.717) is 25.7 Å². The van der Waals surface area contributed by atoms with E-state index in [4.69, 9.17) is 28.4 Å². The number of nitrogens with zero attached hydrogens (tertiary/aromatic N) is 2. The number of ether oxygens (including phenoxy) is 6. The van der Waals surface area contributed by atoms with E-state index < -0.39 is 131 Å². The Bertz CT molecular complexity index is 2270. The summed E-state index contributed by atoms with van der Waals surface area (Å²) in [4.78, 5) is 45.0. The largest absolute Gasteiger partial charge is 0.459 e. The molecule has 81 heavy (non-hydrogen) atoms. The maximum Gasteiger partial charge on any atom is 0.311 e. The third-order valence-electron chi connectivity index (χ3n) is 21.4. The molecule has 20 heteroatoms. The van der Waals surface area contributed by atoms with Crippen molar-refractivity contribution >= 4 is 17.7 Å². The van der Waals surface area contributed by atoms with Gasteiger partial charge < -0.3 is 79.5 Å². The van der Waals surface area contributed by atoms with Gasteiger partial charge in [0.15, 0.2) is 24.5 Å². The number of ketones is 1. The second-order valence-electron chi connectivity index (χ2n) is 27.4. The summed E-state index contributed by atoms with van der Waals surface area (Å²) >= 11 is 0. The first-order valence-corrected chi connectivity index (χ1v) is 30.2. The van der Waals surface area contributed by atoms with Crippen molar-refractivity contribution in [3.8, 4) is 0 Å². The molecule has 20 nitrogen and oxygen atoms in total. The van der Waals surface area contributed by atoms with Crippen LogP contribution in [-0.4, -0.2) is 217 Å². The van der Waals surface area contributed by atoms with Crippen LogP contribution in [0.3, 0.4) is 0 Å². The smallest absolute Gasteiger partial charge is 0.311 e. The van der Waals surface area contributed by atoms with Crippen molar-refractivity contribution < 1.29 is 83.7 Å². The summed E-state index contributed by atoms with van der Waals surface area (Å²) in [6.45, 7) is 21.7. The van der Waals surface area contributed by atoms with E-state index in [9.17, 15) is 55.2 Å². The van der Waals surface area contributed by atoms with E-state index in [2.05, 4.69) is 12.2 Å². The average molecular weight is 1150 g/mol. The zero-order valence-corrected chi connectivity index (χ0v) is 51.1. The van der Waals surface area contributed by atoms with Crippen LogP contribution in [0.4, 0.5) is 0 Å². The first-order valence-electron chi connectivity index (χ1n) is 30.2. The third kappa shape index (κ3) is 12.7. The van der Waals surface area contributed by atoms with Gasteiger partial charge in [0.05, 0.1) is 47.6 Å². The number of allylic oxidation sites excluding steroid dienone is 4. The summed E-state index contributed by atoms with van der Waals surface area (Å²) in [5, 5.41) is 99.8. The Hall–Kier alpha value is -2.51. The molecule has 3 heterocycles. The monoisotopic (exact) mass is 1150 g/mol. The number of nitrogens with one attached hydrogen (secondary N) is 1. The van der Waals surface area contributed by atoms with Gasteiger partial charge >= 0.3 is 5.97 Å². The first-order chi connectivity index (χ1) is 37.6. The summed E-state index contributed by atoms with van der Waals surface area (Å²) in [6, 6.07) is -1.16. The van der Waals surface area contributed by atoms with Gasteiger partial charge in [-0.05, 0) is 150 Å². The first kappa shape index (κ1) is 66.0. The number of aliphatic hydroxyl groups excluding tert-OH is 5. The van der Waals surface area contributed by atoms with Gasteiger partial charge in [0.2, 0.25) is 0 Å². The Morgan fingerprint density at radius 3 is 2.25 bits per heavy atom. The second kappa shape index (κ2) is 25.1. The summed E-state index contributed by atoms with van der Waals surface area (Å²) in [6.07, 6.45) is -4.61. The van der Waals surface area contributed by atoms with Crippen molar-refractivity contribution in [2.45, 2.75) is 255 Å². The van der Waals surface area contributed by atoms with Gasteiger partial charge in [0, 0.05) is 67.9 Å². The van der Waals surface area contributed by atoms with E-state index in [-0.39, 0.29) is 93.3 Å². The molecule has 26 atom stereocenters. The Balaban J connectivity index is 1.13. The minimum atomic E-state index is -2.01. The van der Waals surface area contributed by atoms with Crippen LogP contribution in [0.2, 0.25) is 0 Å². The molecule has 3 saturated carbocycles. The van der Waals surface area contributed by atoms with Crippen LogP contribution < -0.4 is 5.32 Å². The van der Waals surface area contributed by atoms with Gasteiger partial charge in [0.1, 0.15) is 35.6 Å². The van der Waals surface area contributed by atoms with Crippen LogP contribution in [0.15, 0.2) is 23.8 Å². The predicted octanol–water partition coefficient (Wildman–Crippen LogP) is 3.15. The number of methoxy groups -OCH3 is 1. The van der Waals surface area contributed by atoms with Gasteiger partial charge in [-0.15, -0.1) is 0 Å². The van der Waals surface area contributed by atoms with Gasteiger partial charge in [-0.25, -0.2) is 0 Å². The molecule has 0 spiro atoms. The number of cyclic esters (lactones) is 1. The van der Waals surface area contributed by atoms with E-state index in [1.807, 2.05) is 50.7 Å². The number of rotatable bonds is 13. The van der Waals surface area contributed by atoms with Gasteiger partial charge in [-0.3, -0.25) is 19.3 Å². The molecular weight excluding hydrogens is 1050 g/mol. The molecule has 7 aliphatic rings. The number of likely N-dealkylation sites (N-methyl/N-ethyl adjacent to an activating group) is 1. The highest BCUT2D eigenvalue weighted by Crippen LogP contribution is 2.67. The molecule has 3 aliphatic heterocycles. The third-order valence-corrected chi connectivity index (χ3v) is 21.4. The molecule has 7 rings (SSSR count). The van der Waals surface area contributed by atoms with Crippen molar-refractivity contribution in [2.75, 3.05) is 40.8 Å². The highest BCUT2D eigenvalue weighted by Gasteiger charge is 2.69.